The lowest BCUT2D eigenvalue weighted by Gasteiger charge is -2.18. The number of rotatable bonds is 63. The average molecular weight is 1090 g/mol. The monoisotopic (exact) mass is 1090 g/mol. The Morgan fingerprint density at radius 1 is 0.269 bits per heavy atom. The number of allylic oxidation sites excluding steroid dienone is 9. The first-order valence-electron chi connectivity index (χ1n) is 34.3. The van der Waals surface area contributed by atoms with Crippen molar-refractivity contribution in [3.05, 3.63) is 60.8 Å². The Labute approximate surface area is 485 Å². The molecule has 78 heavy (non-hydrogen) atoms. The molecule has 0 saturated carbocycles. The zero-order valence-electron chi connectivity index (χ0n) is 52.2. The minimum atomic E-state index is -0.812. The molecule has 6 heteroatoms. The molecule has 1 unspecified atom stereocenters. The van der Waals surface area contributed by atoms with E-state index in [0.29, 0.717) is 12.8 Å². The maximum Gasteiger partial charge on any atom is 0.309 e. The standard InChI is InChI=1S/C72H130O6/c1-4-7-10-13-16-19-22-25-28-30-32-33-34-35-36-37-38-39-40-42-44-47-50-53-56-59-62-65-71(74)77-68-69(67-76-70(73)64-61-58-55-52-49-46-43-27-24-21-18-15-12-9-6-3)78-72(75)66-63-60-57-54-51-48-45-41-31-29-26-23-20-17-14-11-8-5-2/h9,12,18,21,27,43,49,52,58,61,69H,4-8,10-11,13-17,19-20,22-26,28-42,44-48,50-51,53-57,59-60,62-68H2,1-3H3/b12-9-,21-18-,43-27-,52-49-,61-58-. The normalized spacial score (nSPS) is 12.4. The van der Waals surface area contributed by atoms with E-state index in [1.165, 1.54) is 250 Å². The number of ether oxygens (including phenoxy) is 3. The lowest BCUT2D eigenvalue weighted by molar-refractivity contribution is -0.166. The van der Waals surface area contributed by atoms with E-state index in [1.54, 1.807) is 0 Å². The highest BCUT2D eigenvalue weighted by Gasteiger charge is 2.19. The number of carbonyl (C=O) groups is 3. The first-order valence-corrected chi connectivity index (χ1v) is 34.3. The molecular weight excluding hydrogens is 961 g/mol. The van der Waals surface area contributed by atoms with Crippen molar-refractivity contribution in [3.8, 4) is 0 Å². The minimum Gasteiger partial charge on any atom is -0.462 e. The van der Waals surface area contributed by atoms with Crippen molar-refractivity contribution >= 4 is 17.9 Å². The molecule has 0 aliphatic carbocycles. The zero-order chi connectivity index (χ0) is 56.4. The molecular formula is C72H130O6. The lowest BCUT2D eigenvalue weighted by Crippen LogP contribution is -2.30. The molecule has 0 heterocycles. The molecule has 0 aromatic rings. The number of carbonyl (C=O) groups excluding carboxylic acids is 3. The molecule has 0 radical (unpaired) electrons. The Hall–Kier alpha value is -2.89. The highest BCUT2D eigenvalue weighted by Crippen LogP contribution is 2.18. The van der Waals surface area contributed by atoms with Gasteiger partial charge < -0.3 is 14.2 Å². The Kier molecular flexibility index (Phi) is 64.2. The maximum atomic E-state index is 12.9. The molecule has 0 spiro atoms. The molecule has 0 aliphatic rings. The minimum absolute atomic E-state index is 0.0991. The van der Waals surface area contributed by atoms with Crippen molar-refractivity contribution < 1.29 is 28.6 Å². The van der Waals surface area contributed by atoms with Crippen LogP contribution in [0.15, 0.2) is 60.8 Å². The number of unbranched alkanes of at least 4 members (excludes halogenated alkanes) is 43. The third kappa shape index (κ3) is 63.9. The van der Waals surface area contributed by atoms with Crippen LogP contribution in [0.2, 0.25) is 0 Å². The number of hydrogen-bond acceptors (Lipinski definition) is 6. The van der Waals surface area contributed by atoms with Crippen molar-refractivity contribution in [2.24, 2.45) is 0 Å². The predicted molar refractivity (Wildman–Crippen MR) is 339 cm³/mol. The Morgan fingerprint density at radius 2 is 0.500 bits per heavy atom. The van der Waals surface area contributed by atoms with Crippen LogP contribution in [0.3, 0.4) is 0 Å². The summed E-state index contributed by atoms with van der Waals surface area (Å²) in [5, 5.41) is 0. The molecule has 0 saturated heterocycles. The fourth-order valence-electron chi connectivity index (χ4n) is 10.2. The molecule has 0 fully saturated rings. The fourth-order valence-corrected chi connectivity index (χ4v) is 10.2. The van der Waals surface area contributed by atoms with Gasteiger partial charge in [0.1, 0.15) is 13.2 Å². The summed E-state index contributed by atoms with van der Waals surface area (Å²) < 4.78 is 16.9. The molecule has 0 aromatic carbocycles. The summed E-state index contributed by atoms with van der Waals surface area (Å²) in [4.78, 5) is 38.3. The first-order chi connectivity index (χ1) is 38.5. The van der Waals surface area contributed by atoms with Gasteiger partial charge in [-0.05, 0) is 44.9 Å². The molecule has 1 atom stereocenters. The third-order valence-corrected chi connectivity index (χ3v) is 15.3. The van der Waals surface area contributed by atoms with Gasteiger partial charge in [-0.3, -0.25) is 14.4 Å². The maximum absolute atomic E-state index is 12.9. The van der Waals surface area contributed by atoms with E-state index in [2.05, 4.69) is 69.4 Å². The second kappa shape index (κ2) is 66.6. The molecule has 0 aromatic heterocycles. The zero-order valence-corrected chi connectivity index (χ0v) is 52.2. The smallest absolute Gasteiger partial charge is 0.309 e. The van der Waals surface area contributed by atoms with Crippen LogP contribution < -0.4 is 0 Å². The van der Waals surface area contributed by atoms with Crippen LogP contribution >= 0.6 is 0 Å². The summed E-state index contributed by atoms with van der Waals surface area (Å²) in [6.45, 7) is 6.51. The van der Waals surface area contributed by atoms with Gasteiger partial charge in [-0.15, -0.1) is 0 Å². The van der Waals surface area contributed by atoms with E-state index in [4.69, 9.17) is 14.2 Å². The van der Waals surface area contributed by atoms with Crippen LogP contribution in [-0.4, -0.2) is 37.2 Å². The average Bonchev–Trinajstić information content (AvgIpc) is 3.44. The van der Waals surface area contributed by atoms with Gasteiger partial charge in [-0.25, -0.2) is 0 Å². The fraction of sp³-hybridized carbons (Fsp3) is 0.819. The highest BCUT2D eigenvalue weighted by molar-refractivity contribution is 5.72. The van der Waals surface area contributed by atoms with Crippen LogP contribution in [0.4, 0.5) is 0 Å². The summed E-state index contributed by atoms with van der Waals surface area (Å²) in [6, 6.07) is 0. The van der Waals surface area contributed by atoms with Crippen molar-refractivity contribution in [1.29, 1.82) is 0 Å². The van der Waals surface area contributed by atoms with Crippen LogP contribution in [0.1, 0.15) is 361 Å². The van der Waals surface area contributed by atoms with Gasteiger partial charge in [0.15, 0.2) is 6.10 Å². The Balaban J connectivity index is 4.28. The summed E-state index contributed by atoms with van der Waals surface area (Å²) in [5.74, 6) is -1.01. The van der Waals surface area contributed by atoms with Gasteiger partial charge in [0, 0.05) is 12.8 Å². The van der Waals surface area contributed by atoms with E-state index in [9.17, 15) is 14.4 Å². The first kappa shape index (κ1) is 75.1. The highest BCUT2D eigenvalue weighted by atomic mass is 16.6. The van der Waals surface area contributed by atoms with Gasteiger partial charge in [-0.2, -0.15) is 0 Å². The van der Waals surface area contributed by atoms with E-state index in [0.717, 1.165) is 70.6 Å². The van der Waals surface area contributed by atoms with Gasteiger partial charge >= 0.3 is 17.9 Å². The molecule has 0 bridgehead atoms. The quantitative estimate of drug-likeness (QED) is 0.0261. The van der Waals surface area contributed by atoms with Crippen molar-refractivity contribution in [2.75, 3.05) is 13.2 Å². The molecule has 0 rings (SSSR count). The van der Waals surface area contributed by atoms with Gasteiger partial charge in [0.2, 0.25) is 0 Å². The SMILES string of the molecule is CC/C=C\C/C=C\C/C=C\C/C=C\C/C=C\CC(=O)OCC(COC(=O)CCCCCCCCCCCCCCCCCCCCCCCCCCCCC)OC(=O)CCCCCCCCCCCCCCCCCCCC. The lowest BCUT2D eigenvalue weighted by atomic mass is 10.0. The summed E-state index contributed by atoms with van der Waals surface area (Å²) >= 11 is 0. The second-order valence-corrected chi connectivity index (χ2v) is 23.1. The van der Waals surface area contributed by atoms with Gasteiger partial charge in [0.25, 0.3) is 0 Å². The van der Waals surface area contributed by atoms with Crippen LogP contribution in [0.25, 0.3) is 0 Å². The molecule has 0 amide bonds. The van der Waals surface area contributed by atoms with E-state index < -0.39 is 12.1 Å². The molecule has 0 aliphatic heterocycles. The van der Waals surface area contributed by atoms with E-state index in [-0.39, 0.29) is 31.6 Å². The van der Waals surface area contributed by atoms with Crippen molar-refractivity contribution in [2.45, 2.75) is 367 Å². The summed E-state index contributed by atoms with van der Waals surface area (Å²) in [5.41, 5.74) is 0. The predicted octanol–water partition coefficient (Wildman–Crippen LogP) is 23.5. The molecule has 6 nitrogen and oxygen atoms in total. The van der Waals surface area contributed by atoms with Crippen LogP contribution in [0.5, 0.6) is 0 Å². The van der Waals surface area contributed by atoms with E-state index >= 15 is 0 Å². The third-order valence-electron chi connectivity index (χ3n) is 15.3. The second-order valence-electron chi connectivity index (χ2n) is 23.1. The van der Waals surface area contributed by atoms with Gasteiger partial charge in [-0.1, -0.05) is 358 Å². The van der Waals surface area contributed by atoms with Crippen LogP contribution in [0, 0.1) is 0 Å². The van der Waals surface area contributed by atoms with E-state index in [1.807, 2.05) is 12.2 Å². The molecule has 0 N–H and O–H groups in total. The Bertz CT molecular complexity index is 1390. The van der Waals surface area contributed by atoms with Gasteiger partial charge in [0.05, 0.1) is 6.42 Å². The number of esters is 3. The van der Waals surface area contributed by atoms with Crippen molar-refractivity contribution in [3.63, 3.8) is 0 Å². The summed E-state index contributed by atoms with van der Waals surface area (Å²) in [7, 11) is 0. The largest absolute Gasteiger partial charge is 0.462 e. The Morgan fingerprint density at radius 3 is 0.782 bits per heavy atom. The summed E-state index contributed by atoms with van der Waals surface area (Å²) in [6.07, 6.45) is 85.7. The molecule has 454 valence electrons. The number of hydrogen-bond donors (Lipinski definition) is 0. The van der Waals surface area contributed by atoms with Crippen molar-refractivity contribution in [1.82, 2.24) is 0 Å². The van der Waals surface area contributed by atoms with Crippen LogP contribution in [-0.2, 0) is 28.6 Å². The topological polar surface area (TPSA) is 78.9 Å².